The molecule has 3 rings (SSSR count). The quantitative estimate of drug-likeness (QED) is 0.539. The maximum Gasteiger partial charge on any atom is 0.177 e. The molecule has 1 aromatic carbocycles. The fraction of sp³-hybridized carbons (Fsp3) is 0.588. The molecule has 1 fully saturated rings. The third-order valence-corrected chi connectivity index (χ3v) is 6.25. The third kappa shape index (κ3) is 3.17. The minimum absolute atomic E-state index is 0.239. The molecule has 0 unspecified atom stereocenters. The molecule has 0 radical (unpaired) electrons. The maximum atomic E-state index is 13.1. The van der Waals surface area contributed by atoms with E-state index in [-0.39, 0.29) is 5.78 Å². The smallest absolute Gasteiger partial charge is 0.177 e. The standard InChI is InChI=1S/C17H21I2NO2/c1-11-5-3-4-6-20(11)9-17(2)10-22-15-13(16(17)21)7-12(18)8-14(15)19/h7-8,11H,3-6,9-10H2,1-2H3/t11-,17+/m1/s1. The normalized spacial score (nSPS) is 29.1. The molecule has 2 atom stereocenters. The van der Waals surface area contributed by atoms with E-state index < -0.39 is 5.41 Å². The summed E-state index contributed by atoms with van der Waals surface area (Å²) in [4.78, 5) is 15.6. The number of piperidine rings is 1. The number of carbonyl (C=O) groups is 1. The molecule has 0 amide bonds. The number of rotatable bonds is 2. The average molecular weight is 525 g/mol. The van der Waals surface area contributed by atoms with E-state index >= 15 is 0 Å². The molecule has 0 N–H and O–H groups in total. The summed E-state index contributed by atoms with van der Waals surface area (Å²) in [5.41, 5.74) is 0.321. The summed E-state index contributed by atoms with van der Waals surface area (Å²) < 4.78 is 8.13. The van der Waals surface area contributed by atoms with Gasteiger partial charge in [-0.2, -0.15) is 0 Å². The van der Waals surface area contributed by atoms with Crippen LogP contribution in [0.5, 0.6) is 5.75 Å². The highest BCUT2D eigenvalue weighted by atomic mass is 127. The van der Waals surface area contributed by atoms with E-state index in [1.807, 2.05) is 6.07 Å². The van der Waals surface area contributed by atoms with Crippen LogP contribution in [0.25, 0.3) is 0 Å². The van der Waals surface area contributed by atoms with Crippen LogP contribution in [-0.4, -0.2) is 36.4 Å². The highest BCUT2D eigenvalue weighted by Gasteiger charge is 2.43. The van der Waals surface area contributed by atoms with Gasteiger partial charge in [0.25, 0.3) is 0 Å². The first-order chi connectivity index (χ1) is 10.4. The molecule has 2 aliphatic heterocycles. The van der Waals surface area contributed by atoms with Gasteiger partial charge in [-0.05, 0) is 90.5 Å². The van der Waals surface area contributed by atoms with Gasteiger partial charge < -0.3 is 4.74 Å². The minimum atomic E-state index is -0.438. The van der Waals surface area contributed by atoms with Crippen molar-refractivity contribution in [2.24, 2.45) is 5.41 Å². The number of nitrogens with zero attached hydrogens (tertiary/aromatic N) is 1. The van der Waals surface area contributed by atoms with Gasteiger partial charge in [-0.15, -0.1) is 0 Å². The lowest BCUT2D eigenvalue weighted by Crippen LogP contribution is -2.51. The Labute approximate surface area is 159 Å². The van der Waals surface area contributed by atoms with E-state index in [2.05, 4.69) is 70.0 Å². The molecule has 0 bridgehead atoms. The summed E-state index contributed by atoms with van der Waals surface area (Å²) in [7, 11) is 0. The van der Waals surface area contributed by atoms with Crippen molar-refractivity contribution in [1.82, 2.24) is 4.90 Å². The van der Waals surface area contributed by atoms with Crippen LogP contribution in [0.2, 0.25) is 0 Å². The minimum Gasteiger partial charge on any atom is -0.491 e. The second-order valence-corrected chi connectivity index (χ2v) is 9.17. The Bertz CT molecular complexity index is 605. The molecular weight excluding hydrogens is 504 g/mol. The first kappa shape index (κ1) is 17.0. The van der Waals surface area contributed by atoms with E-state index in [1.165, 1.54) is 19.3 Å². The predicted octanol–water partition coefficient (Wildman–Crippen LogP) is 4.35. The van der Waals surface area contributed by atoms with E-state index in [1.54, 1.807) is 0 Å². The van der Waals surface area contributed by atoms with Crippen molar-refractivity contribution in [2.75, 3.05) is 19.7 Å². The van der Waals surface area contributed by atoms with Crippen molar-refractivity contribution in [3.8, 4) is 5.75 Å². The molecular formula is C17H21I2NO2. The van der Waals surface area contributed by atoms with Gasteiger partial charge in [0, 0.05) is 16.2 Å². The summed E-state index contributed by atoms with van der Waals surface area (Å²) >= 11 is 4.53. The van der Waals surface area contributed by atoms with Crippen LogP contribution in [-0.2, 0) is 0 Å². The Kier molecular flexibility index (Phi) is 5.04. The van der Waals surface area contributed by atoms with Gasteiger partial charge in [-0.3, -0.25) is 9.69 Å². The van der Waals surface area contributed by atoms with Gasteiger partial charge in [-0.25, -0.2) is 0 Å². The second-order valence-electron chi connectivity index (χ2n) is 6.76. The highest BCUT2D eigenvalue weighted by molar-refractivity contribution is 14.1. The lowest BCUT2D eigenvalue weighted by atomic mass is 9.79. The van der Waals surface area contributed by atoms with E-state index in [0.717, 1.165) is 31.5 Å². The fourth-order valence-electron chi connectivity index (χ4n) is 3.46. The number of fused-ring (bicyclic) bond motifs is 1. The zero-order chi connectivity index (χ0) is 15.9. The zero-order valence-corrected chi connectivity index (χ0v) is 17.3. The van der Waals surface area contributed by atoms with Crippen LogP contribution in [0, 0.1) is 12.6 Å². The van der Waals surface area contributed by atoms with Gasteiger partial charge in [0.05, 0.1) is 14.5 Å². The lowest BCUT2D eigenvalue weighted by Gasteiger charge is -2.41. The van der Waals surface area contributed by atoms with Crippen LogP contribution in [0.4, 0.5) is 0 Å². The van der Waals surface area contributed by atoms with Gasteiger partial charge in [0.15, 0.2) is 5.78 Å². The Morgan fingerprint density at radius 1 is 1.36 bits per heavy atom. The Morgan fingerprint density at radius 3 is 2.86 bits per heavy atom. The number of halogens is 2. The maximum absolute atomic E-state index is 13.1. The molecule has 1 aromatic rings. The predicted molar refractivity (Wildman–Crippen MR) is 105 cm³/mol. The molecule has 22 heavy (non-hydrogen) atoms. The molecule has 0 spiro atoms. The molecule has 1 saturated heterocycles. The van der Waals surface area contributed by atoms with Gasteiger partial charge in [0.2, 0.25) is 0 Å². The summed E-state index contributed by atoms with van der Waals surface area (Å²) in [6.45, 7) is 6.72. The van der Waals surface area contributed by atoms with Gasteiger partial charge in [0.1, 0.15) is 12.4 Å². The van der Waals surface area contributed by atoms with Crippen LogP contribution < -0.4 is 4.74 Å². The molecule has 3 nitrogen and oxygen atoms in total. The summed E-state index contributed by atoms with van der Waals surface area (Å²) in [5, 5.41) is 0. The number of benzene rings is 1. The summed E-state index contributed by atoms with van der Waals surface area (Å²) in [6, 6.07) is 4.59. The lowest BCUT2D eigenvalue weighted by molar-refractivity contribution is 0.0401. The van der Waals surface area contributed by atoms with Crippen molar-refractivity contribution in [3.63, 3.8) is 0 Å². The molecule has 0 aliphatic carbocycles. The monoisotopic (exact) mass is 525 g/mol. The number of likely N-dealkylation sites (tertiary alicyclic amines) is 1. The van der Waals surface area contributed by atoms with Crippen molar-refractivity contribution < 1.29 is 9.53 Å². The topological polar surface area (TPSA) is 29.5 Å². The van der Waals surface area contributed by atoms with Crippen molar-refractivity contribution >= 4 is 51.0 Å². The van der Waals surface area contributed by atoms with Crippen LogP contribution in [0.3, 0.4) is 0 Å². The number of ether oxygens (including phenoxy) is 1. The van der Waals surface area contributed by atoms with Crippen molar-refractivity contribution in [1.29, 1.82) is 0 Å². The molecule has 2 heterocycles. The van der Waals surface area contributed by atoms with Crippen molar-refractivity contribution in [3.05, 3.63) is 24.8 Å². The number of ketones is 1. The van der Waals surface area contributed by atoms with Crippen LogP contribution in [0.1, 0.15) is 43.5 Å². The van der Waals surface area contributed by atoms with E-state index in [9.17, 15) is 4.79 Å². The number of Topliss-reactive ketones (excluding diaryl/α,β-unsaturated/α-hetero) is 1. The number of carbonyl (C=O) groups excluding carboxylic acids is 1. The second kappa shape index (κ2) is 6.55. The SMILES string of the molecule is C[C@@H]1CCCCN1C[C@@]1(C)COc2c(I)cc(I)cc2C1=O. The molecule has 2 aliphatic rings. The van der Waals surface area contributed by atoms with Crippen LogP contribution in [0.15, 0.2) is 12.1 Å². The largest absolute Gasteiger partial charge is 0.491 e. The van der Waals surface area contributed by atoms with Gasteiger partial charge in [-0.1, -0.05) is 6.42 Å². The third-order valence-electron chi connectivity index (χ3n) is 4.83. The fourth-order valence-corrected chi connectivity index (χ4v) is 5.46. The molecule has 120 valence electrons. The van der Waals surface area contributed by atoms with Gasteiger partial charge >= 0.3 is 0 Å². The first-order valence-corrected chi connectivity index (χ1v) is 9.97. The Hall–Kier alpha value is 0.110. The average Bonchev–Trinajstić information content (AvgIpc) is 2.46. The Balaban J connectivity index is 1.87. The summed E-state index contributed by atoms with van der Waals surface area (Å²) in [5.74, 6) is 1.01. The molecule has 0 saturated carbocycles. The molecule has 0 aromatic heterocycles. The number of hydrogen-bond donors (Lipinski definition) is 0. The zero-order valence-electron chi connectivity index (χ0n) is 13.0. The number of hydrogen-bond acceptors (Lipinski definition) is 3. The summed E-state index contributed by atoms with van der Waals surface area (Å²) in [6.07, 6.45) is 3.78. The van der Waals surface area contributed by atoms with Crippen molar-refractivity contribution in [2.45, 2.75) is 39.2 Å². The van der Waals surface area contributed by atoms with Crippen LogP contribution >= 0.6 is 45.2 Å². The highest BCUT2D eigenvalue weighted by Crippen LogP contribution is 2.39. The molecule has 5 heteroatoms. The first-order valence-electron chi connectivity index (χ1n) is 7.81. The van der Waals surface area contributed by atoms with E-state index in [0.29, 0.717) is 12.6 Å². The Morgan fingerprint density at radius 2 is 2.14 bits per heavy atom. The van der Waals surface area contributed by atoms with E-state index in [4.69, 9.17) is 4.74 Å².